The molecule has 3 aromatic rings. The Morgan fingerprint density at radius 3 is 2.76 bits per heavy atom. The summed E-state index contributed by atoms with van der Waals surface area (Å²) in [6.45, 7) is 1.46. The van der Waals surface area contributed by atoms with Gasteiger partial charge in [-0.2, -0.15) is 5.10 Å². The van der Waals surface area contributed by atoms with Gasteiger partial charge < -0.3 is 9.64 Å². The molecule has 4 heterocycles. The van der Waals surface area contributed by atoms with Crippen LogP contribution in [0.2, 0.25) is 0 Å². The van der Waals surface area contributed by atoms with E-state index in [9.17, 15) is 4.79 Å². The molecule has 1 amide bonds. The van der Waals surface area contributed by atoms with Crippen molar-refractivity contribution >= 4 is 11.4 Å². The molecule has 0 aromatic carbocycles. The molecular formula is C19H20N4O2. The van der Waals surface area contributed by atoms with Crippen molar-refractivity contribution < 1.29 is 9.53 Å². The van der Waals surface area contributed by atoms with Gasteiger partial charge in [-0.1, -0.05) is 6.07 Å². The Balaban J connectivity index is 1.53. The standard InChI is InChI=1S/C19H20N4O2/c1-25-17-6-4-10-23-18(17)15(13-21-23)19(24)22-11-7-14(8-12-22)16-5-2-3-9-20-16/h2-6,9-10,13-14H,7-8,11-12H2,1H3. The summed E-state index contributed by atoms with van der Waals surface area (Å²) in [7, 11) is 1.61. The summed E-state index contributed by atoms with van der Waals surface area (Å²) in [6.07, 6.45) is 7.14. The lowest BCUT2D eigenvalue weighted by atomic mass is 9.93. The van der Waals surface area contributed by atoms with Crippen LogP contribution in [0, 0.1) is 0 Å². The van der Waals surface area contributed by atoms with Crippen LogP contribution in [-0.4, -0.2) is 45.6 Å². The maximum Gasteiger partial charge on any atom is 0.257 e. The van der Waals surface area contributed by atoms with Gasteiger partial charge >= 0.3 is 0 Å². The van der Waals surface area contributed by atoms with Gasteiger partial charge in [-0.15, -0.1) is 0 Å². The van der Waals surface area contributed by atoms with Crippen LogP contribution in [0.5, 0.6) is 5.75 Å². The normalized spacial score (nSPS) is 15.5. The predicted molar refractivity (Wildman–Crippen MR) is 93.9 cm³/mol. The summed E-state index contributed by atoms with van der Waals surface area (Å²) in [5.41, 5.74) is 2.43. The van der Waals surface area contributed by atoms with Crippen molar-refractivity contribution in [3.63, 3.8) is 0 Å². The van der Waals surface area contributed by atoms with E-state index in [1.807, 2.05) is 41.6 Å². The number of aromatic nitrogens is 3. The number of fused-ring (bicyclic) bond motifs is 1. The number of hydrogen-bond donors (Lipinski definition) is 0. The van der Waals surface area contributed by atoms with E-state index < -0.39 is 0 Å². The Hall–Kier alpha value is -2.89. The smallest absolute Gasteiger partial charge is 0.257 e. The van der Waals surface area contributed by atoms with Crippen molar-refractivity contribution in [2.75, 3.05) is 20.2 Å². The third-order valence-corrected chi connectivity index (χ3v) is 4.84. The topological polar surface area (TPSA) is 59.7 Å². The molecule has 0 atom stereocenters. The highest BCUT2D eigenvalue weighted by molar-refractivity contribution is 6.02. The number of ether oxygens (including phenoxy) is 1. The molecule has 0 unspecified atom stereocenters. The van der Waals surface area contributed by atoms with Crippen molar-refractivity contribution in [2.24, 2.45) is 0 Å². The van der Waals surface area contributed by atoms with Gasteiger partial charge in [0.15, 0.2) is 0 Å². The highest BCUT2D eigenvalue weighted by Gasteiger charge is 2.27. The van der Waals surface area contributed by atoms with Crippen LogP contribution in [0.1, 0.15) is 34.8 Å². The van der Waals surface area contributed by atoms with Gasteiger partial charge in [0.05, 0.1) is 18.9 Å². The first-order valence-corrected chi connectivity index (χ1v) is 8.48. The SMILES string of the molecule is COc1cccn2ncc(C(=O)N3CCC(c4ccccn4)CC3)c12. The summed E-state index contributed by atoms with van der Waals surface area (Å²) in [5.74, 6) is 1.09. The molecule has 1 aliphatic heterocycles. The maximum absolute atomic E-state index is 13.0. The summed E-state index contributed by atoms with van der Waals surface area (Å²) in [4.78, 5) is 19.3. The van der Waals surface area contributed by atoms with Gasteiger partial charge in [-0.25, -0.2) is 4.52 Å². The first kappa shape index (κ1) is 15.6. The Bertz CT molecular complexity index is 883. The first-order chi connectivity index (χ1) is 12.3. The Morgan fingerprint density at radius 1 is 1.20 bits per heavy atom. The summed E-state index contributed by atoms with van der Waals surface area (Å²) >= 11 is 0. The molecule has 6 heteroatoms. The highest BCUT2D eigenvalue weighted by atomic mass is 16.5. The number of rotatable bonds is 3. The van der Waals surface area contributed by atoms with Crippen LogP contribution in [0.3, 0.4) is 0 Å². The van der Waals surface area contributed by atoms with Crippen LogP contribution < -0.4 is 4.74 Å². The third-order valence-electron chi connectivity index (χ3n) is 4.84. The lowest BCUT2D eigenvalue weighted by Crippen LogP contribution is -2.38. The van der Waals surface area contributed by atoms with E-state index in [0.717, 1.165) is 37.1 Å². The molecule has 25 heavy (non-hydrogen) atoms. The van der Waals surface area contributed by atoms with Crippen molar-refractivity contribution in [1.29, 1.82) is 0 Å². The van der Waals surface area contributed by atoms with Crippen LogP contribution in [0.4, 0.5) is 0 Å². The second kappa shape index (κ2) is 6.55. The van der Waals surface area contributed by atoms with Crippen LogP contribution in [-0.2, 0) is 0 Å². The zero-order chi connectivity index (χ0) is 17.2. The van der Waals surface area contributed by atoms with E-state index in [2.05, 4.69) is 16.1 Å². The fourth-order valence-electron chi connectivity index (χ4n) is 3.50. The second-order valence-electron chi connectivity index (χ2n) is 6.25. The van der Waals surface area contributed by atoms with Gasteiger partial charge in [0.1, 0.15) is 11.3 Å². The molecule has 128 valence electrons. The Kier molecular flexibility index (Phi) is 4.09. The van der Waals surface area contributed by atoms with E-state index >= 15 is 0 Å². The number of amides is 1. The molecule has 6 nitrogen and oxygen atoms in total. The summed E-state index contributed by atoms with van der Waals surface area (Å²) < 4.78 is 7.09. The van der Waals surface area contributed by atoms with E-state index in [4.69, 9.17) is 4.74 Å². The van der Waals surface area contributed by atoms with Crippen molar-refractivity contribution in [1.82, 2.24) is 19.5 Å². The minimum absolute atomic E-state index is 0.0129. The summed E-state index contributed by atoms with van der Waals surface area (Å²) in [6, 6.07) is 9.72. The molecule has 4 rings (SSSR count). The molecule has 0 radical (unpaired) electrons. The van der Waals surface area contributed by atoms with Crippen molar-refractivity contribution in [3.8, 4) is 5.75 Å². The molecule has 0 N–H and O–H groups in total. The number of hydrogen-bond acceptors (Lipinski definition) is 4. The molecule has 1 fully saturated rings. The molecule has 0 spiro atoms. The molecule has 0 saturated carbocycles. The second-order valence-corrected chi connectivity index (χ2v) is 6.25. The number of likely N-dealkylation sites (tertiary alicyclic amines) is 1. The minimum Gasteiger partial charge on any atom is -0.494 e. The zero-order valence-corrected chi connectivity index (χ0v) is 14.1. The van der Waals surface area contributed by atoms with Gasteiger partial charge in [0.25, 0.3) is 5.91 Å². The molecule has 1 aliphatic rings. The number of piperidine rings is 1. The first-order valence-electron chi connectivity index (χ1n) is 8.48. The van der Waals surface area contributed by atoms with E-state index in [1.165, 1.54) is 0 Å². The van der Waals surface area contributed by atoms with E-state index in [1.54, 1.807) is 17.8 Å². The number of carbonyl (C=O) groups excluding carboxylic acids is 1. The molecule has 0 aliphatic carbocycles. The van der Waals surface area contributed by atoms with Crippen LogP contribution in [0.15, 0.2) is 48.9 Å². The van der Waals surface area contributed by atoms with Gasteiger partial charge in [-0.05, 0) is 37.1 Å². The molecule has 0 bridgehead atoms. The largest absolute Gasteiger partial charge is 0.494 e. The van der Waals surface area contributed by atoms with E-state index in [0.29, 0.717) is 17.2 Å². The Morgan fingerprint density at radius 2 is 2.04 bits per heavy atom. The number of nitrogens with zero attached hydrogens (tertiary/aromatic N) is 4. The fraction of sp³-hybridized carbons (Fsp3) is 0.316. The van der Waals surface area contributed by atoms with E-state index in [-0.39, 0.29) is 5.91 Å². The third kappa shape index (κ3) is 2.84. The van der Waals surface area contributed by atoms with Crippen molar-refractivity contribution in [2.45, 2.75) is 18.8 Å². The maximum atomic E-state index is 13.0. The fourth-order valence-corrected chi connectivity index (χ4v) is 3.50. The van der Waals surface area contributed by atoms with Gasteiger partial charge in [0.2, 0.25) is 0 Å². The van der Waals surface area contributed by atoms with Crippen LogP contribution in [0.25, 0.3) is 5.52 Å². The molecule has 3 aromatic heterocycles. The van der Waals surface area contributed by atoms with Crippen LogP contribution >= 0.6 is 0 Å². The quantitative estimate of drug-likeness (QED) is 0.738. The molecule has 1 saturated heterocycles. The van der Waals surface area contributed by atoms with Crippen molar-refractivity contribution in [3.05, 3.63) is 60.2 Å². The lowest BCUT2D eigenvalue weighted by Gasteiger charge is -2.31. The number of carbonyl (C=O) groups is 1. The zero-order valence-electron chi connectivity index (χ0n) is 14.1. The lowest BCUT2D eigenvalue weighted by molar-refractivity contribution is 0.0714. The highest BCUT2D eigenvalue weighted by Crippen LogP contribution is 2.29. The average Bonchev–Trinajstić information content (AvgIpc) is 3.12. The predicted octanol–water partition coefficient (Wildman–Crippen LogP) is 2.76. The number of methoxy groups -OCH3 is 1. The summed E-state index contributed by atoms with van der Waals surface area (Å²) in [5, 5.41) is 4.28. The Labute approximate surface area is 146 Å². The minimum atomic E-state index is 0.0129. The average molecular weight is 336 g/mol. The molecular weight excluding hydrogens is 316 g/mol. The van der Waals surface area contributed by atoms with Gasteiger partial charge in [0, 0.05) is 37.1 Å². The monoisotopic (exact) mass is 336 g/mol. The van der Waals surface area contributed by atoms with Gasteiger partial charge in [-0.3, -0.25) is 9.78 Å². The number of pyridine rings is 2.